The van der Waals surface area contributed by atoms with Crippen LogP contribution in [-0.2, 0) is 19.1 Å². The van der Waals surface area contributed by atoms with Gasteiger partial charge in [-0.2, -0.15) is 0 Å². The Bertz CT molecular complexity index is 819. The minimum Gasteiger partial charge on any atom is -0.466 e. The highest BCUT2D eigenvalue weighted by Gasteiger charge is 2.14. The molecule has 55 heavy (non-hydrogen) atoms. The van der Waals surface area contributed by atoms with Gasteiger partial charge in [0.2, 0.25) is 0 Å². The minimum atomic E-state index is -0.0348. The average molecular weight is 798 g/mol. The number of hydrogen-bond donors (Lipinski definition) is 0. The number of esters is 2. The maximum atomic E-state index is 12.8. The highest BCUT2D eigenvalue weighted by Crippen LogP contribution is 2.19. The van der Waals surface area contributed by atoms with Crippen LogP contribution in [0.4, 0.5) is 0 Å². The molecule has 0 aliphatic carbocycles. The number of carbonyl (C=O) groups is 2. The molecule has 0 aliphatic heterocycles. The van der Waals surface area contributed by atoms with Crippen LogP contribution >= 0.6 is 11.9 Å². The van der Waals surface area contributed by atoms with Gasteiger partial charge in [0.25, 0.3) is 0 Å². The van der Waals surface area contributed by atoms with Crippen molar-refractivity contribution < 1.29 is 19.1 Å². The fourth-order valence-electron chi connectivity index (χ4n) is 7.33. The molecule has 0 atom stereocenters. The Kier molecular flexibility index (Phi) is 42.7. The van der Waals surface area contributed by atoms with Gasteiger partial charge in [-0.1, -0.05) is 162 Å². The Morgan fingerprint density at radius 3 is 1.36 bits per heavy atom. The molecule has 0 saturated carbocycles. The Balaban J connectivity index is 4.31. The molecule has 326 valence electrons. The highest BCUT2D eigenvalue weighted by molar-refractivity contribution is 7.96. The van der Waals surface area contributed by atoms with E-state index in [0.29, 0.717) is 26.0 Å². The summed E-state index contributed by atoms with van der Waals surface area (Å²) in [5, 5.41) is 3.10. The molecule has 0 radical (unpaired) electrons. The molecule has 8 nitrogen and oxygen atoms in total. The standard InChI is InChI=1S/C46H91N3O5S/c1-5-8-11-14-17-26-33-43-53-45(50)37-29-22-18-24-31-39-48(41-34-42-49(47-52)55-4)40-32-25-19-23-30-38-46(51)54-44(35-27-20-15-12-9-6-2)36-28-21-16-13-10-7-3/h44H,5-43H2,1-4H3. The SMILES string of the molecule is CCCCCCCCCOC(=O)CCCCCCCN(CCCCCCCC(=O)OC(CCCCCCCC)CCCCCCCC)CCCN(N=O)SC. The summed E-state index contributed by atoms with van der Waals surface area (Å²) in [4.78, 5) is 38.4. The van der Waals surface area contributed by atoms with Crippen LogP contribution in [0.1, 0.15) is 239 Å². The van der Waals surface area contributed by atoms with Crippen LogP contribution in [0.3, 0.4) is 0 Å². The Morgan fingerprint density at radius 1 is 0.491 bits per heavy atom. The molecule has 0 aliphatic rings. The van der Waals surface area contributed by atoms with E-state index in [1.807, 2.05) is 6.26 Å². The van der Waals surface area contributed by atoms with Crippen molar-refractivity contribution in [2.45, 2.75) is 245 Å². The first-order chi connectivity index (χ1) is 27.0. The van der Waals surface area contributed by atoms with Crippen molar-refractivity contribution >= 4 is 23.9 Å². The van der Waals surface area contributed by atoms with E-state index in [1.54, 1.807) is 0 Å². The monoisotopic (exact) mass is 798 g/mol. The molecular weight excluding hydrogens is 707 g/mol. The van der Waals surface area contributed by atoms with E-state index >= 15 is 0 Å². The Hall–Kier alpha value is -1.35. The molecule has 0 bridgehead atoms. The lowest BCUT2D eigenvalue weighted by atomic mass is 10.0. The number of carbonyl (C=O) groups excluding carboxylic acids is 2. The number of ether oxygens (including phenoxy) is 2. The molecule has 0 saturated heterocycles. The van der Waals surface area contributed by atoms with Gasteiger partial charge in [0.05, 0.1) is 18.4 Å². The van der Waals surface area contributed by atoms with E-state index in [-0.39, 0.29) is 18.0 Å². The molecule has 0 aromatic rings. The van der Waals surface area contributed by atoms with Crippen molar-refractivity contribution in [3.8, 4) is 0 Å². The molecule has 9 heteroatoms. The summed E-state index contributed by atoms with van der Waals surface area (Å²) < 4.78 is 13.0. The van der Waals surface area contributed by atoms with Crippen molar-refractivity contribution in [2.75, 3.05) is 39.0 Å². The molecule has 0 spiro atoms. The van der Waals surface area contributed by atoms with Gasteiger partial charge in [0.15, 0.2) is 0 Å². The summed E-state index contributed by atoms with van der Waals surface area (Å²) in [6.07, 6.45) is 41.0. The largest absolute Gasteiger partial charge is 0.466 e. The molecular formula is C46H91N3O5S. The molecule has 0 fully saturated rings. The fraction of sp³-hybridized carbons (Fsp3) is 0.957. The first kappa shape index (κ1) is 53.6. The smallest absolute Gasteiger partial charge is 0.306 e. The maximum Gasteiger partial charge on any atom is 0.306 e. The average Bonchev–Trinajstić information content (AvgIpc) is 3.18. The number of nitroso groups, excluding NO2 is 1. The van der Waals surface area contributed by atoms with Gasteiger partial charge < -0.3 is 14.4 Å². The number of unbranched alkanes of at least 4 members (excludes halogenated alkanes) is 24. The number of rotatable bonds is 45. The lowest BCUT2D eigenvalue weighted by molar-refractivity contribution is -0.150. The maximum absolute atomic E-state index is 12.8. The van der Waals surface area contributed by atoms with Gasteiger partial charge in [-0.25, -0.2) is 4.41 Å². The van der Waals surface area contributed by atoms with E-state index in [9.17, 15) is 14.5 Å². The first-order valence-electron chi connectivity index (χ1n) is 23.7. The second-order valence-corrected chi connectivity index (χ2v) is 16.9. The minimum absolute atomic E-state index is 0.0102. The second kappa shape index (κ2) is 43.8. The van der Waals surface area contributed by atoms with Crippen molar-refractivity contribution in [3.63, 3.8) is 0 Å². The zero-order valence-corrected chi connectivity index (χ0v) is 37.8. The van der Waals surface area contributed by atoms with Crippen LogP contribution in [0, 0.1) is 4.91 Å². The van der Waals surface area contributed by atoms with Gasteiger partial charge in [-0.15, -0.1) is 4.91 Å². The van der Waals surface area contributed by atoms with E-state index in [4.69, 9.17) is 9.47 Å². The molecule has 0 unspecified atom stereocenters. The summed E-state index contributed by atoms with van der Waals surface area (Å²) in [6, 6.07) is 0. The van der Waals surface area contributed by atoms with Crippen LogP contribution < -0.4 is 0 Å². The summed E-state index contributed by atoms with van der Waals surface area (Å²) >= 11 is 1.38. The van der Waals surface area contributed by atoms with Gasteiger partial charge in [0, 0.05) is 19.1 Å². The Morgan fingerprint density at radius 2 is 0.891 bits per heavy atom. The third kappa shape index (κ3) is 39.3. The van der Waals surface area contributed by atoms with Gasteiger partial charge >= 0.3 is 11.9 Å². The lowest BCUT2D eigenvalue weighted by Gasteiger charge is -2.23. The van der Waals surface area contributed by atoms with E-state index in [0.717, 1.165) is 103 Å². The van der Waals surface area contributed by atoms with Crippen LogP contribution in [0.15, 0.2) is 5.29 Å². The topological polar surface area (TPSA) is 88.5 Å². The summed E-state index contributed by atoms with van der Waals surface area (Å²) in [5.41, 5.74) is 0. The zero-order chi connectivity index (χ0) is 40.3. The Labute approximate surface area is 345 Å². The first-order valence-corrected chi connectivity index (χ1v) is 24.9. The molecule has 0 N–H and O–H groups in total. The molecule has 0 heterocycles. The van der Waals surface area contributed by atoms with Crippen molar-refractivity contribution in [2.24, 2.45) is 5.29 Å². The fourth-order valence-corrected chi connectivity index (χ4v) is 7.71. The van der Waals surface area contributed by atoms with Crippen molar-refractivity contribution in [3.05, 3.63) is 4.91 Å². The summed E-state index contributed by atoms with van der Waals surface area (Å²) in [7, 11) is 0. The van der Waals surface area contributed by atoms with E-state index < -0.39 is 0 Å². The molecule has 0 aromatic heterocycles. The summed E-state index contributed by atoms with van der Waals surface area (Å²) in [5.74, 6) is -0.0246. The van der Waals surface area contributed by atoms with Crippen LogP contribution in [-0.4, -0.2) is 66.4 Å². The predicted octanol–water partition coefficient (Wildman–Crippen LogP) is 14.3. The van der Waals surface area contributed by atoms with E-state index in [1.165, 1.54) is 138 Å². The quantitative estimate of drug-likeness (QED) is 0.0198. The molecule has 0 rings (SSSR count). The molecule has 0 amide bonds. The second-order valence-electron chi connectivity index (χ2n) is 16.1. The normalized spacial score (nSPS) is 11.5. The zero-order valence-electron chi connectivity index (χ0n) is 36.9. The third-order valence-corrected chi connectivity index (χ3v) is 11.6. The molecule has 0 aromatic carbocycles. The van der Waals surface area contributed by atoms with Crippen molar-refractivity contribution in [1.82, 2.24) is 9.31 Å². The van der Waals surface area contributed by atoms with Crippen LogP contribution in [0.5, 0.6) is 0 Å². The van der Waals surface area contributed by atoms with Crippen molar-refractivity contribution in [1.29, 1.82) is 0 Å². The predicted molar refractivity (Wildman–Crippen MR) is 237 cm³/mol. The van der Waals surface area contributed by atoms with E-state index in [2.05, 4.69) is 31.0 Å². The van der Waals surface area contributed by atoms with Crippen LogP contribution in [0.25, 0.3) is 0 Å². The number of nitrogens with zero attached hydrogens (tertiary/aromatic N) is 3. The van der Waals surface area contributed by atoms with Gasteiger partial charge in [-0.05, 0) is 95.8 Å². The van der Waals surface area contributed by atoms with Gasteiger partial charge in [0.1, 0.15) is 6.10 Å². The van der Waals surface area contributed by atoms with Crippen LogP contribution in [0.2, 0.25) is 0 Å². The highest BCUT2D eigenvalue weighted by atomic mass is 32.2. The van der Waals surface area contributed by atoms with Gasteiger partial charge in [-0.3, -0.25) is 9.59 Å². The number of hydrogen-bond acceptors (Lipinski definition) is 8. The third-order valence-electron chi connectivity index (χ3n) is 10.9. The lowest BCUT2D eigenvalue weighted by Crippen LogP contribution is -2.29. The summed E-state index contributed by atoms with van der Waals surface area (Å²) in [6.45, 7) is 11.1.